The largest absolute Gasteiger partial charge is 0.289 e. The summed E-state index contributed by atoms with van der Waals surface area (Å²) in [7, 11) is 1.97. The molecule has 0 aliphatic carbocycles. The molecule has 0 spiro atoms. The smallest absolute Gasteiger partial charge is 0.0866 e. The summed E-state index contributed by atoms with van der Waals surface area (Å²) in [6.45, 7) is 3.40. The van der Waals surface area contributed by atoms with E-state index in [0.29, 0.717) is 6.54 Å². The topological polar surface area (TPSA) is 27.0 Å². The molecule has 1 aromatic carbocycles. The molecule has 2 rings (SSSR count). The quantitative estimate of drug-likeness (QED) is 0.780. The fraction of sp³-hybridized carbons (Fsp3) is 0.267. The standard InChI is InChI=1S/C15H16N2S/c1-12-7-10-18-15(12)14-6-4-3-5-13(14)11-17(2)9-8-16/h3-7,10H,9,11H2,1-2H3. The van der Waals surface area contributed by atoms with Gasteiger partial charge in [0.1, 0.15) is 0 Å². The summed E-state index contributed by atoms with van der Waals surface area (Å²) < 4.78 is 0. The third kappa shape index (κ3) is 2.79. The summed E-state index contributed by atoms with van der Waals surface area (Å²) in [6, 6.07) is 12.8. The molecular weight excluding hydrogens is 240 g/mol. The van der Waals surface area contributed by atoms with Crippen molar-refractivity contribution in [1.82, 2.24) is 4.90 Å². The lowest BCUT2D eigenvalue weighted by Crippen LogP contribution is -2.18. The second-order valence-electron chi connectivity index (χ2n) is 4.42. The number of hydrogen-bond acceptors (Lipinski definition) is 3. The molecule has 0 fully saturated rings. The van der Waals surface area contributed by atoms with Gasteiger partial charge in [-0.05, 0) is 42.1 Å². The zero-order valence-corrected chi connectivity index (χ0v) is 11.5. The van der Waals surface area contributed by atoms with Crippen LogP contribution in [0.5, 0.6) is 0 Å². The predicted octanol–water partition coefficient (Wildman–Crippen LogP) is 3.68. The van der Waals surface area contributed by atoms with Crippen LogP contribution < -0.4 is 0 Å². The molecule has 0 amide bonds. The van der Waals surface area contributed by atoms with Crippen LogP contribution >= 0.6 is 11.3 Å². The molecule has 1 heterocycles. The third-order valence-corrected chi connectivity index (χ3v) is 3.95. The van der Waals surface area contributed by atoms with Crippen LogP contribution in [0.3, 0.4) is 0 Å². The minimum atomic E-state index is 0.456. The molecule has 0 aliphatic heterocycles. The molecular formula is C15H16N2S. The first kappa shape index (κ1) is 12.8. The Kier molecular flexibility index (Phi) is 4.14. The van der Waals surface area contributed by atoms with Crippen molar-refractivity contribution in [1.29, 1.82) is 5.26 Å². The van der Waals surface area contributed by atoms with Gasteiger partial charge in [0.05, 0.1) is 12.6 Å². The molecule has 0 radical (unpaired) electrons. The van der Waals surface area contributed by atoms with E-state index in [1.54, 1.807) is 11.3 Å². The Bertz CT molecular complexity index is 566. The van der Waals surface area contributed by atoms with Crippen LogP contribution in [-0.2, 0) is 6.54 Å². The van der Waals surface area contributed by atoms with Gasteiger partial charge in [-0.25, -0.2) is 0 Å². The minimum absolute atomic E-state index is 0.456. The highest BCUT2D eigenvalue weighted by atomic mass is 32.1. The van der Waals surface area contributed by atoms with Crippen LogP contribution in [0.25, 0.3) is 10.4 Å². The Morgan fingerprint density at radius 2 is 2.06 bits per heavy atom. The van der Waals surface area contributed by atoms with E-state index in [1.807, 2.05) is 11.9 Å². The highest BCUT2D eigenvalue weighted by Crippen LogP contribution is 2.32. The van der Waals surface area contributed by atoms with Crippen molar-refractivity contribution in [2.24, 2.45) is 0 Å². The monoisotopic (exact) mass is 256 g/mol. The average molecular weight is 256 g/mol. The SMILES string of the molecule is Cc1ccsc1-c1ccccc1CN(C)CC#N. The van der Waals surface area contributed by atoms with Crippen molar-refractivity contribution in [2.45, 2.75) is 13.5 Å². The van der Waals surface area contributed by atoms with Crippen molar-refractivity contribution in [2.75, 3.05) is 13.6 Å². The summed E-state index contributed by atoms with van der Waals surface area (Å²) in [4.78, 5) is 3.36. The van der Waals surface area contributed by atoms with Crippen LogP contribution in [0.15, 0.2) is 35.7 Å². The van der Waals surface area contributed by atoms with E-state index >= 15 is 0 Å². The molecule has 0 unspecified atom stereocenters. The van der Waals surface area contributed by atoms with Crippen molar-refractivity contribution in [3.8, 4) is 16.5 Å². The molecule has 0 atom stereocenters. The lowest BCUT2D eigenvalue weighted by Gasteiger charge is -2.15. The van der Waals surface area contributed by atoms with E-state index in [9.17, 15) is 0 Å². The molecule has 0 saturated carbocycles. The zero-order chi connectivity index (χ0) is 13.0. The summed E-state index contributed by atoms with van der Waals surface area (Å²) in [5.74, 6) is 0. The van der Waals surface area contributed by atoms with E-state index < -0.39 is 0 Å². The van der Waals surface area contributed by atoms with Gasteiger partial charge in [0.2, 0.25) is 0 Å². The van der Waals surface area contributed by atoms with Gasteiger partial charge in [0.15, 0.2) is 0 Å². The van der Waals surface area contributed by atoms with Gasteiger partial charge < -0.3 is 0 Å². The maximum absolute atomic E-state index is 8.72. The summed E-state index contributed by atoms with van der Waals surface area (Å²) in [6.07, 6.45) is 0. The van der Waals surface area contributed by atoms with Gasteiger partial charge in [0.25, 0.3) is 0 Å². The Labute approximate surface area is 112 Å². The van der Waals surface area contributed by atoms with Gasteiger partial charge in [-0.3, -0.25) is 4.90 Å². The third-order valence-electron chi connectivity index (χ3n) is 2.90. The number of benzene rings is 1. The highest BCUT2D eigenvalue weighted by molar-refractivity contribution is 7.13. The summed E-state index contributed by atoms with van der Waals surface area (Å²) in [5, 5.41) is 10.8. The van der Waals surface area contributed by atoms with Gasteiger partial charge >= 0.3 is 0 Å². The Hall–Kier alpha value is -1.63. The lowest BCUT2D eigenvalue weighted by molar-refractivity contribution is 0.368. The molecule has 0 N–H and O–H groups in total. The van der Waals surface area contributed by atoms with Crippen LogP contribution in [0, 0.1) is 18.3 Å². The highest BCUT2D eigenvalue weighted by Gasteiger charge is 2.09. The molecule has 18 heavy (non-hydrogen) atoms. The van der Waals surface area contributed by atoms with Crippen molar-refractivity contribution in [3.05, 3.63) is 46.8 Å². The Morgan fingerprint density at radius 1 is 1.28 bits per heavy atom. The molecule has 2 aromatic rings. The van der Waals surface area contributed by atoms with Crippen LogP contribution in [0.1, 0.15) is 11.1 Å². The second kappa shape index (κ2) is 5.81. The number of rotatable bonds is 4. The first-order valence-corrected chi connectivity index (χ1v) is 6.78. The molecule has 1 aromatic heterocycles. The Morgan fingerprint density at radius 3 is 2.72 bits per heavy atom. The summed E-state index contributed by atoms with van der Waals surface area (Å²) in [5.41, 5.74) is 3.88. The fourth-order valence-electron chi connectivity index (χ4n) is 2.00. The van der Waals surface area contributed by atoms with Crippen LogP contribution in [-0.4, -0.2) is 18.5 Å². The van der Waals surface area contributed by atoms with Gasteiger partial charge in [-0.1, -0.05) is 24.3 Å². The first-order valence-electron chi connectivity index (χ1n) is 5.90. The van der Waals surface area contributed by atoms with Gasteiger partial charge in [-0.15, -0.1) is 11.3 Å². The van der Waals surface area contributed by atoms with E-state index in [2.05, 4.69) is 48.7 Å². The average Bonchev–Trinajstić information content (AvgIpc) is 2.76. The number of nitriles is 1. The fourth-order valence-corrected chi connectivity index (χ4v) is 2.98. The molecule has 3 heteroatoms. The normalized spacial score (nSPS) is 10.6. The maximum atomic E-state index is 8.72. The number of thiophene rings is 1. The number of aryl methyl sites for hydroxylation is 1. The van der Waals surface area contributed by atoms with E-state index in [0.717, 1.165) is 6.54 Å². The van der Waals surface area contributed by atoms with E-state index in [-0.39, 0.29) is 0 Å². The molecule has 0 saturated heterocycles. The predicted molar refractivity (Wildman–Crippen MR) is 76.4 cm³/mol. The molecule has 0 aliphatic rings. The Balaban J connectivity index is 2.32. The minimum Gasteiger partial charge on any atom is -0.289 e. The molecule has 2 nitrogen and oxygen atoms in total. The van der Waals surface area contributed by atoms with E-state index in [4.69, 9.17) is 5.26 Å². The second-order valence-corrected chi connectivity index (χ2v) is 5.34. The van der Waals surface area contributed by atoms with Crippen LogP contribution in [0.2, 0.25) is 0 Å². The van der Waals surface area contributed by atoms with E-state index in [1.165, 1.54) is 21.6 Å². The van der Waals surface area contributed by atoms with Crippen molar-refractivity contribution >= 4 is 11.3 Å². The molecule has 0 bridgehead atoms. The maximum Gasteiger partial charge on any atom is 0.0866 e. The number of hydrogen-bond donors (Lipinski definition) is 0. The van der Waals surface area contributed by atoms with Crippen LogP contribution in [0.4, 0.5) is 0 Å². The first-order chi connectivity index (χ1) is 8.72. The van der Waals surface area contributed by atoms with Crippen molar-refractivity contribution in [3.63, 3.8) is 0 Å². The lowest BCUT2D eigenvalue weighted by atomic mass is 10.0. The summed E-state index contributed by atoms with van der Waals surface area (Å²) >= 11 is 1.77. The van der Waals surface area contributed by atoms with Gasteiger partial charge in [-0.2, -0.15) is 5.26 Å². The van der Waals surface area contributed by atoms with Gasteiger partial charge in [0, 0.05) is 11.4 Å². The zero-order valence-electron chi connectivity index (χ0n) is 10.7. The molecule has 92 valence electrons. The number of nitrogens with zero attached hydrogens (tertiary/aromatic N) is 2. The van der Waals surface area contributed by atoms with Crippen molar-refractivity contribution < 1.29 is 0 Å².